The Morgan fingerprint density at radius 2 is 2.14 bits per heavy atom. The first kappa shape index (κ1) is 16.7. The first-order chi connectivity index (χ1) is 10.9. The van der Waals surface area contributed by atoms with Crippen LogP contribution in [0.1, 0.15) is 38.7 Å². The lowest BCUT2D eigenvalue weighted by Crippen LogP contribution is -2.02. The van der Waals surface area contributed by atoms with Crippen LogP contribution in [0.3, 0.4) is 0 Å². The first-order valence-electron chi connectivity index (χ1n) is 7.89. The minimum Gasteiger partial charge on any atom is -0.493 e. The Morgan fingerprint density at radius 1 is 1.27 bits per heavy atom. The van der Waals surface area contributed by atoms with E-state index in [4.69, 9.17) is 4.74 Å². The van der Waals surface area contributed by atoms with Crippen molar-refractivity contribution in [2.24, 2.45) is 0 Å². The molecular weight excluding hydrogens is 292 g/mol. The Labute approximate surface area is 137 Å². The minimum absolute atomic E-state index is 0.757. The second-order valence-corrected chi connectivity index (χ2v) is 6.02. The standard InChI is InChI=1S/C18H24N2OS/c1-3-5-12-21-18-9-7-6-8-16(18)17(14-22-13-4-2)20-11-10-19-15-20/h6-11,14-15H,3-5,12-13H2,1-2H3/b17-14+. The summed E-state index contributed by atoms with van der Waals surface area (Å²) in [6.07, 6.45) is 8.98. The summed E-state index contributed by atoms with van der Waals surface area (Å²) in [5.74, 6) is 2.05. The fourth-order valence-electron chi connectivity index (χ4n) is 2.05. The van der Waals surface area contributed by atoms with E-state index in [-0.39, 0.29) is 0 Å². The molecule has 0 aliphatic carbocycles. The molecular formula is C18H24N2OS. The van der Waals surface area contributed by atoms with Gasteiger partial charge in [0.15, 0.2) is 0 Å². The zero-order valence-electron chi connectivity index (χ0n) is 13.4. The van der Waals surface area contributed by atoms with Gasteiger partial charge in [0.05, 0.1) is 18.6 Å². The van der Waals surface area contributed by atoms with Gasteiger partial charge in [-0.05, 0) is 36.1 Å². The van der Waals surface area contributed by atoms with Crippen LogP contribution in [0.25, 0.3) is 5.70 Å². The van der Waals surface area contributed by atoms with Crippen molar-refractivity contribution < 1.29 is 4.74 Å². The third-order valence-corrected chi connectivity index (χ3v) is 4.25. The largest absolute Gasteiger partial charge is 0.493 e. The summed E-state index contributed by atoms with van der Waals surface area (Å²) in [6, 6.07) is 8.23. The highest BCUT2D eigenvalue weighted by molar-refractivity contribution is 8.02. The molecule has 0 spiro atoms. The number of benzene rings is 1. The van der Waals surface area contributed by atoms with E-state index in [2.05, 4.69) is 36.4 Å². The molecule has 22 heavy (non-hydrogen) atoms. The lowest BCUT2D eigenvalue weighted by molar-refractivity contribution is 0.308. The predicted octanol–water partition coefficient (Wildman–Crippen LogP) is 5.05. The summed E-state index contributed by atoms with van der Waals surface area (Å²) in [4.78, 5) is 4.17. The van der Waals surface area contributed by atoms with E-state index in [1.165, 1.54) is 0 Å². The number of para-hydroxylation sites is 1. The molecule has 0 radical (unpaired) electrons. The second-order valence-electron chi connectivity index (χ2n) is 5.04. The van der Waals surface area contributed by atoms with Crippen molar-refractivity contribution in [1.29, 1.82) is 0 Å². The van der Waals surface area contributed by atoms with E-state index >= 15 is 0 Å². The van der Waals surface area contributed by atoms with Crippen molar-refractivity contribution in [2.45, 2.75) is 33.1 Å². The highest BCUT2D eigenvalue weighted by atomic mass is 32.2. The number of hydrogen-bond donors (Lipinski definition) is 0. The molecule has 0 saturated carbocycles. The average molecular weight is 316 g/mol. The van der Waals surface area contributed by atoms with Gasteiger partial charge in [-0.3, -0.25) is 0 Å². The van der Waals surface area contributed by atoms with Crippen LogP contribution in [0.15, 0.2) is 48.4 Å². The van der Waals surface area contributed by atoms with Crippen molar-refractivity contribution in [3.63, 3.8) is 0 Å². The summed E-state index contributed by atoms with van der Waals surface area (Å²) in [6.45, 7) is 5.12. The summed E-state index contributed by atoms with van der Waals surface area (Å²) >= 11 is 1.83. The number of thioether (sulfide) groups is 1. The van der Waals surface area contributed by atoms with Gasteiger partial charge in [-0.25, -0.2) is 4.98 Å². The Morgan fingerprint density at radius 3 is 2.86 bits per heavy atom. The predicted molar refractivity (Wildman–Crippen MR) is 95.2 cm³/mol. The lowest BCUT2D eigenvalue weighted by atomic mass is 10.1. The number of rotatable bonds is 9. The second kappa shape index (κ2) is 9.36. The minimum atomic E-state index is 0.757. The van der Waals surface area contributed by atoms with E-state index < -0.39 is 0 Å². The number of imidazole rings is 1. The van der Waals surface area contributed by atoms with E-state index in [0.29, 0.717) is 0 Å². The molecule has 2 rings (SSSR count). The zero-order chi connectivity index (χ0) is 15.6. The maximum Gasteiger partial charge on any atom is 0.128 e. The van der Waals surface area contributed by atoms with Crippen LogP contribution in [0.4, 0.5) is 0 Å². The quantitative estimate of drug-likeness (QED) is 0.606. The van der Waals surface area contributed by atoms with Gasteiger partial charge in [-0.2, -0.15) is 0 Å². The summed E-state index contributed by atoms with van der Waals surface area (Å²) in [7, 11) is 0. The van der Waals surface area contributed by atoms with Gasteiger partial charge >= 0.3 is 0 Å². The fourth-order valence-corrected chi connectivity index (χ4v) is 2.81. The molecule has 3 nitrogen and oxygen atoms in total. The molecule has 0 aliphatic heterocycles. The average Bonchev–Trinajstić information content (AvgIpc) is 3.07. The van der Waals surface area contributed by atoms with Gasteiger partial charge in [0.25, 0.3) is 0 Å². The molecule has 2 aromatic rings. The van der Waals surface area contributed by atoms with Gasteiger partial charge < -0.3 is 9.30 Å². The van der Waals surface area contributed by atoms with Crippen LogP contribution in [-0.2, 0) is 0 Å². The SMILES string of the molecule is CCCCOc1ccccc1/C(=C\SCCC)n1ccnc1. The maximum absolute atomic E-state index is 5.98. The molecule has 0 bridgehead atoms. The first-order valence-corrected chi connectivity index (χ1v) is 8.94. The molecule has 1 aromatic carbocycles. The monoisotopic (exact) mass is 316 g/mol. The van der Waals surface area contributed by atoms with Crippen LogP contribution < -0.4 is 4.74 Å². The molecule has 4 heteroatoms. The Bertz CT molecular complexity index is 579. The van der Waals surface area contributed by atoms with E-state index in [1.54, 1.807) is 6.20 Å². The molecule has 0 fully saturated rings. The molecule has 0 saturated heterocycles. The normalized spacial score (nSPS) is 11.6. The lowest BCUT2D eigenvalue weighted by Gasteiger charge is -2.15. The van der Waals surface area contributed by atoms with Gasteiger partial charge in [-0.1, -0.05) is 32.4 Å². The van der Waals surface area contributed by atoms with Crippen LogP contribution in [0.2, 0.25) is 0 Å². The van der Waals surface area contributed by atoms with Gasteiger partial charge in [0.2, 0.25) is 0 Å². The number of hydrogen-bond acceptors (Lipinski definition) is 3. The molecule has 0 N–H and O–H groups in total. The van der Waals surface area contributed by atoms with E-state index in [0.717, 1.165) is 48.6 Å². The van der Waals surface area contributed by atoms with Gasteiger partial charge in [-0.15, -0.1) is 11.8 Å². The van der Waals surface area contributed by atoms with Crippen molar-refractivity contribution in [2.75, 3.05) is 12.4 Å². The van der Waals surface area contributed by atoms with Crippen molar-refractivity contribution >= 4 is 17.5 Å². The fraction of sp³-hybridized carbons (Fsp3) is 0.389. The number of unbranched alkanes of at least 4 members (excludes halogenated alkanes) is 1. The summed E-state index contributed by atoms with van der Waals surface area (Å²) in [5.41, 5.74) is 2.23. The third kappa shape index (κ3) is 4.67. The smallest absolute Gasteiger partial charge is 0.128 e. The topological polar surface area (TPSA) is 27.1 Å². The Hall–Kier alpha value is -1.68. The molecule has 1 aromatic heterocycles. The Kier molecular flexibility index (Phi) is 7.10. The van der Waals surface area contributed by atoms with Crippen molar-refractivity contribution in [1.82, 2.24) is 9.55 Å². The van der Waals surface area contributed by atoms with Crippen LogP contribution in [0, 0.1) is 0 Å². The van der Waals surface area contributed by atoms with Crippen LogP contribution in [0.5, 0.6) is 5.75 Å². The number of ether oxygens (including phenoxy) is 1. The van der Waals surface area contributed by atoms with Crippen molar-refractivity contribution in [3.05, 3.63) is 54.0 Å². The summed E-state index contributed by atoms with van der Waals surface area (Å²) in [5, 5.41) is 2.20. The Balaban J connectivity index is 2.29. The number of nitrogens with zero attached hydrogens (tertiary/aromatic N) is 2. The molecule has 118 valence electrons. The molecule has 0 aliphatic rings. The van der Waals surface area contributed by atoms with E-state index in [9.17, 15) is 0 Å². The zero-order valence-corrected chi connectivity index (χ0v) is 14.2. The van der Waals surface area contributed by atoms with Crippen LogP contribution >= 0.6 is 11.8 Å². The molecule has 1 heterocycles. The van der Waals surface area contributed by atoms with Gasteiger partial charge in [0, 0.05) is 18.0 Å². The molecule has 0 amide bonds. The van der Waals surface area contributed by atoms with Gasteiger partial charge in [0.1, 0.15) is 5.75 Å². The number of aromatic nitrogens is 2. The summed E-state index contributed by atoms with van der Waals surface area (Å²) < 4.78 is 8.03. The van der Waals surface area contributed by atoms with E-state index in [1.807, 2.05) is 41.0 Å². The highest BCUT2D eigenvalue weighted by Crippen LogP contribution is 2.29. The third-order valence-electron chi connectivity index (χ3n) is 3.22. The maximum atomic E-state index is 5.98. The van der Waals surface area contributed by atoms with Crippen molar-refractivity contribution in [3.8, 4) is 5.75 Å². The molecule has 0 atom stereocenters. The van der Waals surface area contributed by atoms with Crippen LogP contribution in [-0.4, -0.2) is 21.9 Å². The molecule has 0 unspecified atom stereocenters. The highest BCUT2D eigenvalue weighted by Gasteiger charge is 2.10.